The van der Waals surface area contributed by atoms with E-state index in [9.17, 15) is 9.18 Å². The van der Waals surface area contributed by atoms with E-state index in [1.807, 2.05) is 4.90 Å². The van der Waals surface area contributed by atoms with Crippen LogP contribution in [0, 0.1) is 5.82 Å². The van der Waals surface area contributed by atoms with Crippen molar-refractivity contribution in [2.75, 3.05) is 31.6 Å². The van der Waals surface area contributed by atoms with E-state index in [-0.39, 0.29) is 17.5 Å². The van der Waals surface area contributed by atoms with Gasteiger partial charge in [-0.1, -0.05) is 12.1 Å². The molecule has 2 aromatic rings. The third kappa shape index (κ3) is 4.68. The predicted octanol–water partition coefficient (Wildman–Crippen LogP) is 3.34. The number of piperidine rings is 1. The minimum Gasteiger partial charge on any atom is -0.489 e. The second kappa shape index (κ2) is 8.46. The number of pyridine rings is 1. The number of nitrogens with one attached hydrogen (secondary N) is 1. The van der Waals surface area contributed by atoms with Crippen molar-refractivity contribution in [2.24, 2.45) is 0 Å². The Morgan fingerprint density at radius 2 is 2.00 bits per heavy atom. The van der Waals surface area contributed by atoms with Gasteiger partial charge in [0.2, 0.25) is 0 Å². The number of hydrogen-bond donors (Lipinski definition) is 1. The number of para-hydroxylation sites is 1. The van der Waals surface area contributed by atoms with Crippen LogP contribution in [-0.2, 0) is 0 Å². The van der Waals surface area contributed by atoms with Gasteiger partial charge in [-0.05, 0) is 43.5 Å². The summed E-state index contributed by atoms with van der Waals surface area (Å²) in [7, 11) is 0. The molecule has 0 atom stereocenters. The van der Waals surface area contributed by atoms with Gasteiger partial charge in [0.25, 0.3) is 5.91 Å². The molecule has 25 heavy (non-hydrogen) atoms. The number of anilines is 1. The van der Waals surface area contributed by atoms with Gasteiger partial charge < -0.3 is 15.0 Å². The lowest BCUT2D eigenvalue weighted by Crippen LogP contribution is -2.35. The van der Waals surface area contributed by atoms with Gasteiger partial charge in [0, 0.05) is 24.8 Å². The Kier molecular flexibility index (Phi) is 5.82. The third-order valence-corrected chi connectivity index (χ3v) is 4.15. The average molecular weight is 343 g/mol. The van der Waals surface area contributed by atoms with Crippen LogP contribution < -0.4 is 10.1 Å². The Labute approximate surface area is 146 Å². The molecule has 0 bridgehead atoms. The second-order valence-corrected chi connectivity index (χ2v) is 5.99. The number of amides is 1. The predicted molar refractivity (Wildman–Crippen MR) is 94.4 cm³/mol. The van der Waals surface area contributed by atoms with Crippen LogP contribution in [-0.4, -0.2) is 42.0 Å². The fraction of sp³-hybridized carbons (Fsp3) is 0.368. The Hall–Kier alpha value is -2.63. The molecule has 0 unspecified atom stereocenters. The number of carbonyl (C=O) groups is 1. The minimum atomic E-state index is -0.380. The van der Waals surface area contributed by atoms with Gasteiger partial charge in [-0.2, -0.15) is 0 Å². The van der Waals surface area contributed by atoms with Crippen molar-refractivity contribution in [1.29, 1.82) is 0 Å². The van der Waals surface area contributed by atoms with Gasteiger partial charge >= 0.3 is 0 Å². The highest BCUT2D eigenvalue weighted by atomic mass is 19.1. The van der Waals surface area contributed by atoms with Gasteiger partial charge in [0.05, 0.1) is 6.54 Å². The van der Waals surface area contributed by atoms with Crippen molar-refractivity contribution in [2.45, 2.75) is 19.3 Å². The molecule has 6 heteroatoms. The van der Waals surface area contributed by atoms with Crippen LogP contribution >= 0.6 is 0 Å². The molecule has 0 aliphatic carbocycles. The van der Waals surface area contributed by atoms with E-state index in [1.165, 1.54) is 12.5 Å². The number of ether oxygens (including phenoxy) is 1. The van der Waals surface area contributed by atoms with E-state index >= 15 is 0 Å². The number of benzene rings is 1. The number of rotatable bonds is 6. The Balaban J connectivity index is 1.51. The van der Waals surface area contributed by atoms with E-state index in [0.29, 0.717) is 24.5 Å². The first-order chi connectivity index (χ1) is 12.2. The smallest absolute Gasteiger partial charge is 0.254 e. The van der Waals surface area contributed by atoms with Crippen LogP contribution in [0.4, 0.5) is 10.2 Å². The van der Waals surface area contributed by atoms with Gasteiger partial charge in [-0.3, -0.25) is 4.79 Å². The number of carbonyl (C=O) groups excluding carboxylic acids is 1. The normalized spacial score (nSPS) is 14.2. The van der Waals surface area contributed by atoms with E-state index in [2.05, 4.69) is 10.3 Å². The van der Waals surface area contributed by atoms with E-state index in [1.54, 1.807) is 36.5 Å². The summed E-state index contributed by atoms with van der Waals surface area (Å²) in [6, 6.07) is 9.78. The summed E-state index contributed by atoms with van der Waals surface area (Å²) >= 11 is 0. The molecule has 0 spiro atoms. The highest BCUT2D eigenvalue weighted by molar-refractivity contribution is 5.94. The topological polar surface area (TPSA) is 54.5 Å². The van der Waals surface area contributed by atoms with Crippen LogP contribution in [0.3, 0.4) is 0 Å². The van der Waals surface area contributed by atoms with Crippen LogP contribution in [0.15, 0.2) is 42.6 Å². The van der Waals surface area contributed by atoms with Crippen LogP contribution in [0.5, 0.6) is 5.75 Å². The molecule has 1 saturated heterocycles. The molecule has 1 N–H and O–H groups in total. The lowest BCUT2D eigenvalue weighted by Gasteiger charge is -2.26. The molecule has 0 saturated carbocycles. The summed E-state index contributed by atoms with van der Waals surface area (Å²) in [5.74, 6) is 0.508. The molecule has 1 aromatic carbocycles. The van der Waals surface area contributed by atoms with Gasteiger partial charge in [-0.15, -0.1) is 0 Å². The standard InChI is InChI=1S/C19H22FN3O2/c20-16-6-2-3-7-17(16)25-13-10-22-18-14-15(8-9-21-18)19(24)23-11-4-1-5-12-23/h2-3,6-9,14H,1,4-5,10-13H2,(H,21,22). The zero-order valence-electron chi connectivity index (χ0n) is 14.1. The molecule has 1 aromatic heterocycles. The number of nitrogens with zero attached hydrogens (tertiary/aromatic N) is 2. The minimum absolute atomic E-state index is 0.0488. The van der Waals surface area contributed by atoms with Crippen molar-refractivity contribution < 1.29 is 13.9 Å². The number of likely N-dealkylation sites (tertiary alicyclic amines) is 1. The van der Waals surface area contributed by atoms with Gasteiger partial charge in [0.15, 0.2) is 11.6 Å². The first-order valence-corrected chi connectivity index (χ1v) is 8.60. The van der Waals surface area contributed by atoms with Crippen molar-refractivity contribution in [3.63, 3.8) is 0 Å². The summed E-state index contributed by atoms with van der Waals surface area (Å²) in [4.78, 5) is 18.6. The molecule has 1 aliphatic heterocycles. The molecule has 1 aliphatic rings. The highest BCUT2D eigenvalue weighted by Gasteiger charge is 2.18. The summed E-state index contributed by atoms with van der Waals surface area (Å²) in [5, 5.41) is 3.10. The molecule has 3 rings (SSSR count). The van der Waals surface area contributed by atoms with Crippen molar-refractivity contribution >= 4 is 11.7 Å². The van der Waals surface area contributed by atoms with Crippen LogP contribution in [0.2, 0.25) is 0 Å². The van der Waals surface area contributed by atoms with Gasteiger partial charge in [0.1, 0.15) is 12.4 Å². The number of halogens is 1. The largest absolute Gasteiger partial charge is 0.489 e. The Bertz CT molecular complexity index is 717. The molecule has 0 radical (unpaired) electrons. The monoisotopic (exact) mass is 343 g/mol. The fourth-order valence-corrected chi connectivity index (χ4v) is 2.84. The number of aromatic nitrogens is 1. The maximum Gasteiger partial charge on any atom is 0.254 e. The van der Waals surface area contributed by atoms with E-state index in [4.69, 9.17) is 4.74 Å². The molecule has 1 amide bonds. The zero-order chi connectivity index (χ0) is 17.5. The van der Waals surface area contributed by atoms with Crippen molar-refractivity contribution in [3.05, 3.63) is 54.0 Å². The van der Waals surface area contributed by atoms with E-state index < -0.39 is 0 Å². The molecule has 2 heterocycles. The molecule has 1 fully saturated rings. The third-order valence-electron chi connectivity index (χ3n) is 4.15. The Morgan fingerprint density at radius 3 is 2.80 bits per heavy atom. The highest BCUT2D eigenvalue weighted by Crippen LogP contribution is 2.16. The first kappa shape index (κ1) is 17.2. The van der Waals surface area contributed by atoms with Gasteiger partial charge in [-0.25, -0.2) is 9.37 Å². The molecule has 5 nitrogen and oxygen atoms in total. The molecular weight excluding hydrogens is 321 g/mol. The lowest BCUT2D eigenvalue weighted by atomic mass is 10.1. The van der Waals surface area contributed by atoms with Crippen LogP contribution in [0.25, 0.3) is 0 Å². The Morgan fingerprint density at radius 1 is 1.20 bits per heavy atom. The first-order valence-electron chi connectivity index (χ1n) is 8.60. The summed E-state index contributed by atoms with van der Waals surface area (Å²) in [6.07, 6.45) is 4.94. The average Bonchev–Trinajstić information content (AvgIpc) is 2.67. The summed E-state index contributed by atoms with van der Waals surface area (Å²) < 4.78 is 18.8. The fourth-order valence-electron chi connectivity index (χ4n) is 2.84. The SMILES string of the molecule is O=C(c1ccnc(NCCOc2ccccc2F)c1)N1CCCCC1. The van der Waals surface area contributed by atoms with Crippen molar-refractivity contribution in [3.8, 4) is 5.75 Å². The summed E-state index contributed by atoms with van der Waals surface area (Å²) in [6.45, 7) is 2.40. The van der Waals surface area contributed by atoms with E-state index in [0.717, 1.165) is 25.9 Å². The molecule has 132 valence electrons. The summed E-state index contributed by atoms with van der Waals surface area (Å²) in [5.41, 5.74) is 0.634. The lowest BCUT2D eigenvalue weighted by molar-refractivity contribution is 0.0724. The maximum atomic E-state index is 13.5. The molecular formula is C19H22FN3O2. The maximum absolute atomic E-state index is 13.5. The quantitative estimate of drug-likeness (QED) is 0.818. The van der Waals surface area contributed by atoms with Crippen molar-refractivity contribution in [1.82, 2.24) is 9.88 Å². The van der Waals surface area contributed by atoms with Crippen LogP contribution in [0.1, 0.15) is 29.6 Å². The zero-order valence-corrected chi connectivity index (χ0v) is 14.1. The number of hydrogen-bond acceptors (Lipinski definition) is 4. The second-order valence-electron chi connectivity index (χ2n) is 5.99.